The van der Waals surface area contributed by atoms with Crippen LogP contribution in [0.1, 0.15) is 0 Å². The van der Waals surface area contributed by atoms with E-state index in [0.29, 0.717) is 5.88 Å². The molecule has 0 atom stereocenters. The van der Waals surface area contributed by atoms with Gasteiger partial charge >= 0.3 is 6.18 Å². The first-order valence-electron chi connectivity index (χ1n) is 3.71. The minimum atomic E-state index is -4.33. The first-order valence-corrected chi connectivity index (χ1v) is 3.71. The Morgan fingerprint density at radius 2 is 2.07 bits per heavy atom. The first-order chi connectivity index (χ1) is 6.51. The molecular formula is C8H8F3NO2. The third-order valence-electron chi connectivity index (χ3n) is 1.32. The van der Waals surface area contributed by atoms with Crippen molar-refractivity contribution in [3.05, 3.63) is 18.3 Å². The number of rotatable bonds is 3. The molecule has 1 heterocycles. The molecule has 0 radical (unpaired) electrons. The molecule has 78 valence electrons. The molecule has 0 unspecified atom stereocenters. The smallest absolute Gasteiger partial charge is 0.422 e. The number of hydrogen-bond acceptors (Lipinski definition) is 3. The predicted octanol–water partition coefficient (Wildman–Crippen LogP) is 2.03. The Hall–Kier alpha value is -1.46. The molecule has 1 rings (SSSR count). The fourth-order valence-electron chi connectivity index (χ4n) is 0.738. The Balaban J connectivity index is 2.52. The van der Waals surface area contributed by atoms with E-state index in [9.17, 15) is 13.2 Å². The van der Waals surface area contributed by atoms with Gasteiger partial charge in [0.2, 0.25) is 5.88 Å². The van der Waals surface area contributed by atoms with Crippen molar-refractivity contribution in [1.82, 2.24) is 4.98 Å². The summed E-state index contributed by atoms with van der Waals surface area (Å²) in [5.74, 6) is 0.382. The van der Waals surface area contributed by atoms with Crippen molar-refractivity contribution < 1.29 is 22.6 Å². The van der Waals surface area contributed by atoms with Gasteiger partial charge in [-0.25, -0.2) is 4.98 Å². The molecule has 0 fully saturated rings. The van der Waals surface area contributed by atoms with Gasteiger partial charge in [-0.1, -0.05) is 0 Å². The van der Waals surface area contributed by atoms with Crippen molar-refractivity contribution in [2.75, 3.05) is 13.7 Å². The third-order valence-corrected chi connectivity index (χ3v) is 1.32. The minimum absolute atomic E-state index is 0.0584. The summed E-state index contributed by atoms with van der Waals surface area (Å²) in [6, 6.07) is 2.78. The van der Waals surface area contributed by atoms with E-state index in [1.165, 1.54) is 25.4 Å². The lowest BCUT2D eigenvalue weighted by Gasteiger charge is -2.08. The molecule has 14 heavy (non-hydrogen) atoms. The molecule has 0 amide bonds. The van der Waals surface area contributed by atoms with Gasteiger partial charge in [0.05, 0.1) is 13.3 Å². The number of ether oxygens (including phenoxy) is 2. The van der Waals surface area contributed by atoms with E-state index in [1.54, 1.807) is 0 Å². The lowest BCUT2D eigenvalue weighted by Crippen LogP contribution is -2.19. The van der Waals surface area contributed by atoms with E-state index in [4.69, 9.17) is 4.74 Å². The van der Waals surface area contributed by atoms with Crippen molar-refractivity contribution in [2.45, 2.75) is 6.18 Å². The Bertz CT molecular complexity index is 284. The molecule has 6 heteroatoms. The number of methoxy groups -OCH3 is 1. The molecule has 0 saturated heterocycles. The highest BCUT2D eigenvalue weighted by molar-refractivity contribution is 5.22. The minimum Gasteiger partial charge on any atom is -0.483 e. The van der Waals surface area contributed by atoms with E-state index < -0.39 is 12.8 Å². The van der Waals surface area contributed by atoms with Crippen molar-refractivity contribution >= 4 is 0 Å². The summed E-state index contributed by atoms with van der Waals surface area (Å²) in [7, 11) is 1.42. The molecule has 1 aromatic rings. The number of alkyl halides is 3. The number of halogens is 3. The first kappa shape index (κ1) is 10.6. The van der Waals surface area contributed by atoms with Crippen molar-refractivity contribution in [2.24, 2.45) is 0 Å². The van der Waals surface area contributed by atoms with Crippen LogP contribution in [-0.2, 0) is 0 Å². The Morgan fingerprint density at radius 3 is 2.50 bits per heavy atom. The fourth-order valence-corrected chi connectivity index (χ4v) is 0.738. The summed E-state index contributed by atoms with van der Waals surface area (Å²) in [6.45, 7) is -1.32. The fraction of sp³-hybridized carbons (Fsp3) is 0.375. The molecule has 3 nitrogen and oxygen atoms in total. The quantitative estimate of drug-likeness (QED) is 0.759. The summed E-state index contributed by atoms with van der Waals surface area (Å²) in [6.07, 6.45) is -3.16. The molecule has 0 spiro atoms. The van der Waals surface area contributed by atoms with Gasteiger partial charge in [0, 0.05) is 6.07 Å². The van der Waals surface area contributed by atoms with Crippen LogP contribution in [0.25, 0.3) is 0 Å². The predicted molar refractivity (Wildman–Crippen MR) is 42.3 cm³/mol. The summed E-state index contributed by atoms with van der Waals surface area (Å²) >= 11 is 0. The highest BCUT2D eigenvalue weighted by atomic mass is 19.4. The number of pyridine rings is 1. The maximum Gasteiger partial charge on any atom is 0.422 e. The van der Waals surface area contributed by atoms with Crippen LogP contribution >= 0.6 is 0 Å². The van der Waals surface area contributed by atoms with Gasteiger partial charge in [-0.3, -0.25) is 0 Å². The van der Waals surface area contributed by atoms with E-state index in [0.717, 1.165) is 0 Å². The van der Waals surface area contributed by atoms with Gasteiger partial charge in [0.15, 0.2) is 6.61 Å². The third kappa shape index (κ3) is 3.51. The van der Waals surface area contributed by atoms with E-state index in [1.807, 2.05) is 0 Å². The van der Waals surface area contributed by atoms with Crippen LogP contribution in [0, 0.1) is 0 Å². The topological polar surface area (TPSA) is 31.4 Å². The highest BCUT2D eigenvalue weighted by Gasteiger charge is 2.28. The Labute approximate surface area is 78.5 Å². The van der Waals surface area contributed by atoms with E-state index in [2.05, 4.69) is 9.72 Å². The molecule has 0 saturated carbocycles. The van der Waals surface area contributed by atoms with E-state index in [-0.39, 0.29) is 5.75 Å². The average Bonchev–Trinajstić information content (AvgIpc) is 2.14. The maximum atomic E-state index is 11.7. The van der Waals surface area contributed by atoms with Crippen LogP contribution in [0.4, 0.5) is 13.2 Å². The summed E-state index contributed by atoms with van der Waals surface area (Å²) < 4.78 is 44.3. The zero-order valence-corrected chi connectivity index (χ0v) is 7.34. The standard InChI is InChI=1S/C8H8F3NO2/c1-13-7-3-2-6(4-12-7)14-5-8(9,10)11/h2-4H,5H2,1H3. The number of aromatic nitrogens is 1. The van der Waals surface area contributed by atoms with Crippen LogP contribution in [0.3, 0.4) is 0 Å². The number of hydrogen-bond donors (Lipinski definition) is 0. The molecule has 0 aliphatic heterocycles. The van der Waals surface area contributed by atoms with Gasteiger partial charge in [-0.05, 0) is 6.07 Å². The van der Waals surface area contributed by atoms with Gasteiger partial charge in [0.1, 0.15) is 5.75 Å². The molecule has 0 aliphatic rings. The Kier molecular flexibility index (Phi) is 3.16. The average molecular weight is 207 g/mol. The van der Waals surface area contributed by atoms with Crippen molar-refractivity contribution in [3.63, 3.8) is 0 Å². The van der Waals surface area contributed by atoms with Crippen LogP contribution in [0.15, 0.2) is 18.3 Å². The molecule has 1 aromatic heterocycles. The second-order valence-corrected chi connectivity index (χ2v) is 2.44. The van der Waals surface area contributed by atoms with Crippen LogP contribution < -0.4 is 9.47 Å². The maximum absolute atomic E-state index is 11.7. The zero-order valence-electron chi connectivity index (χ0n) is 7.34. The van der Waals surface area contributed by atoms with Gasteiger partial charge < -0.3 is 9.47 Å². The highest BCUT2D eigenvalue weighted by Crippen LogP contribution is 2.18. The summed E-state index contributed by atoms with van der Waals surface area (Å²) in [5, 5.41) is 0. The molecule has 0 aromatic carbocycles. The largest absolute Gasteiger partial charge is 0.483 e. The number of nitrogens with zero attached hydrogens (tertiary/aromatic N) is 1. The van der Waals surface area contributed by atoms with Crippen LogP contribution in [-0.4, -0.2) is 24.9 Å². The van der Waals surface area contributed by atoms with Crippen LogP contribution in [0.2, 0.25) is 0 Å². The van der Waals surface area contributed by atoms with Crippen LogP contribution in [0.5, 0.6) is 11.6 Å². The summed E-state index contributed by atoms with van der Waals surface area (Å²) in [5.41, 5.74) is 0. The van der Waals surface area contributed by atoms with Gasteiger partial charge in [-0.15, -0.1) is 0 Å². The molecular weight excluding hydrogens is 199 g/mol. The molecule has 0 N–H and O–H groups in total. The lowest BCUT2D eigenvalue weighted by atomic mass is 10.4. The second-order valence-electron chi connectivity index (χ2n) is 2.44. The lowest BCUT2D eigenvalue weighted by molar-refractivity contribution is -0.153. The summed E-state index contributed by atoms with van der Waals surface area (Å²) in [4.78, 5) is 3.68. The zero-order chi connectivity index (χ0) is 10.6. The SMILES string of the molecule is COc1ccc(OCC(F)(F)F)cn1. The Morgan fingerprint density at radius 1 is 1.36 bits per heavy atom. The molecule has 0 bridgehead atoms. The normalized spacial score (nSPS) is 11.1. The second kappa shape index (κ2) is 4.17. The molecule has 0 aliphatic carbocycles. The van der Waals surface area contributed by atoms with Crippen molar-refractivity contribution in [1.29, 1.82) is 0 Å². The van der Waals surface area contributed by atoms with E-state index >= 15 is 0 Å². The monoisotopic (exact) mass is 207 g/mol. The van der Waals surface area contributed by atoms with Crippen molar-refractivity contribution in [3.8, 4) is 11.6 Å². The van der Waals surface area contributed by atoms with Gasteiger partial charge in [0.25, 0.3) is 0 Å². The van der Waals surface area contributed by atoms with Gasteiger partial charge in [-0.2, -0.15) is 13.2 Å².